The van der Waals surface area contributed by atoms with E-state index in [-0.39, 0.29) is 0 Å². The van der Waals surface area contributed by atoms with Gasteiger partial charge in [-0.1, -0.05) is 18.2 Å². The summed E-state index contributed by atoms with van der Waals surface area (Å²) in [4.78, 5) is 8.76. The number of fused-ring (bicyclic) bond motifs is 4. The zero-order chi connectivity index (χ0) is 12.7. The van der Waals surface area contributed by atoms with Crippen LogP contribution in [0.3, 0.4) is 0 Å². The quantitative estimate of drug-likeness (QED) is 0.710. The summed E-state index contributed by atoms with van der Waals surface area (Å²) in [5.74, 6) is 0. The molecule has 19 heavy (non-hydrogen) atoms. The van der Waals surface area contributed by atoms with Gasteiger partial charge < -0.3 is 4.74 Å². The summed E-state index contributed by atoms with van der Waals surface area (Å²) >= 11 is 0. The highest BCUT2D eigenvalue weighted by Crippen LogP contribution is 2.35. The van der Waals surface area contributed by atoms with E-state index in [2.05, 4.69) is 22.1 Å². The third kappa shape index (κ3) is 1.59. The van der Waals surface area contributed by atoms with Crippen LogP contribution < -0.4 is 10.4 Å². The molecule has 3 heteroatoms. The summed E-state index contributed by atoms with van der Waals surface area (Å²) in [6.07, 6.45) is 9.09. The number of hydrogen-bond donors (Lipinski definition) is 0. The Labute approximate surface area is 109 Å². The first kappa shape index (κ1) is 10.3. The fourth-order valence-corrected chi connectivity index (χ4v) is 2.33. The molecular weight excluding hydrogens is 236 g/mol. The van der Waals surface area contributed by atoms with Gasteiger partial charge in [-0.25, -0.2) is 4.99 Å². The van der Waals surface area contributed by atoms with Gasteiger partial charge in [-0.2, -0.15) is 0 Å². The van der Waals surface area contributed by atoms with Gasteiger partial charge in [0.1, 0.15) is 6.26 Å². The number of rotatable bonds is 0. The number of allylic oxidation sites excluding steroid dienone is 1. The molecule has 1 aromatic heterocycles. The second-order valence-corrected chi connectivity index (χ2v) is 4.45. The number of nitrogens with zero attached hydrogens (tertiary/aromatic N) is 2. The van der Waals surface area contributed by atoms with E-state index in [9.17, 15) is 0 Å². The maximum absolute atomic E-state index is 5.54. The molecule has 3 heterocycles. The molecule has 0 amide bonds. The van der Waals surface area contributed by atoms with Crippen molar-refractivity contribution in [2.75, 3.05) is 0 Å². The number of ether oxygens (including phenoxy) is 1. The molecule has 1 aromatic carbocycles. The molecule has 0 radical (unpaired) electrons. The van der Waals surface area contributed by atoms with Crippen molar-refractivity contribution in [2.24, 2.45) is 4.99 Å². The highest BCUT2D eigenvalue weighted by molar-refractivity contribution is 6.41. The zero-order valence-corrected chi connectivity index (χ0v) is 10.1. The number of hydrogen-bond acceptors (Lipinski definition) is 3. The van der Waals surface area contributed by atoms with Crippen LogP contribution in [0.2, 0.25) is 0 Å². The molecule has 0 unspecified atom stereocenters. The summed E-state index contributed by atoms with van der Waals surface area (Å²) in [5.41, 5.74) is 4.05. The van der Waals surface area contributed by atoms with Gasteiger partial charge in [0.15, 0.2) is 0 Å². The van der Waals surface area contributed by atoms with Crippen LogP contribution in [0.5, 0.6) is 0 Å². The fourth-order valence-electron chi connectivity index (χ4n) is 2.33. The van der Waals surface area contributed by atoms with E-state index in [1.807, 2.05) is 24.3 Å². The Kier molecular flexibility index (Phi) is 2.12. The van der Waals surface area contributed by atoms with Crippen LogP contribution in [-0.4, -0.2) is 10.7 Å². The van der Waals surface area contributed by atoms with Crippen LogP contribution in [0.4, 0.5) is 5.69 Å². The highest BCUT2D eigenvalue weighted by Gasteiger charge is 2.19. The predicted octanol–water partition coefficient (Wildman–Crippen LogP) is 1.76. The lowest BCUT2D eigenvalue weighted by Crippen LogP contribution is -2.27. The minimum Gasteiger partial charge on any atom is -0.471 e. The maximum atomic E-state index is 5.54. The molecule has 0 atom stereocenters. The van der Waals surface area contributed by atoms with Gasteiger partial charge >= 0.3 is 0 Å². The van der Waals surface area contributed by atoms with Gasteiger partial charge in [-0.3, -0.25) is 4.98 Å². The second-order valence-electron chi connectivity index (χ2n) is 4.45. The SMILES string of the molecule is C1=C2C(=Nc3ccccc32)/C=c2/ccnc/c2=C/O1. The van der Waals surface area contributed by atoms with Crippen molar-refractivity contribution in [1.29, 1.82) is 0 Å². The van der Waals surface area contributed by atoms with E-state index >= 15 is 0 Å². The summed E-state index contributed by atoms with van der Waals surface area (Å²) in [7, 11) is 0. The lowest BCUT2D eigenvalue weighted by atomic mass is 10.0. The predicted molar refractivity (Wildman–Crippen MR) is 75.0 cm³/mol. The standard InChI is InChI=1S/C16H10N2O/c1-2-4-15-13(3-1)14-10-19-9-12-8-17-6-5-11(12)7-16(14)18-15/h1-10H/b11-7-,12-9-,14-10?. The number of aromatic nitrogens is 1. The summed E-state index contributed by atoms with van der Waals surface area (Å²) < 4.78 is 5.54. The smallest absolute Gasteiger partial charge is 0.100 e. The van der Waals surface area contributed by atoms with Crippen LogP contribution >= 0.6 is 0 Å². The van der Waals surface area contributed by atoms with Crippen LogP contribution in [0.25, 0.3) is 17.9 Å². The Hall–Kier alpha value is -2.68. The number of aliphatic imine (C=N–C) groups is 1. The molecule has 0 N–H and O–H groups in total. The molecule has 0 spiro atoms. The highest BCUT2D eigenvalue weighted by atomic mass is 16.5. The molecule has 0 bridgehead atoms. The van der Waals surface area contributed by atoms with Gasteiger partial charge in [0.05, 0.1) is 17.7 Å². The first-order valence-corrected chi connectivity index (χ1v) is 6.08. The molecule has 90 valence electrons. The Bertz CT molecular complexity index is 847. The molecule has 0 saturated heterocycles. The van der Waals surface area contributed by atoms with E-state index in [0.29, 0.717) is 0 Å². The summed E-state index contributed by atoms with van der Waals surface area (Å²) in [6, 6.07) is 10.0. The molecule has 0 aliphatic carbocycles. The van der Waals surface area contributed by atoms with Crippen molar-refractivity contribution >= 4 is 29.3 Å². The van der Waals surface area contributed by atoms with Crippen molar-refractivity contribution in [2.45, 2.75) is 0 Å². The number of pyridine rings is 1. The van der Waals surface area contributed by atoms with Gasteiger partial charge in [0.2, 0.25) is 0 Å². The fraction of sp³-hybridized carbons (Fsp3) is 0. The van der Waals surface area contributed by atoms with E-state index in [1.165, 1.54) is 0 Å². The molecule has 4 rings (SSSR count). The third-order valence-corrected chi connectivity index (χ3v) is 3.27. The summed E-state index contributed by atoms with van der Waals surface area (Å²) in [5, 5.41) is 2.02. The third-order valence-electron chi connectivity index (χ3n) is 3.27. The van der Waals surface area contributed by atoms with Crippen molar-refractivity contribution < 1.29 is 4.74 Å². The minimum absolute atomic E-state index is 0.932. The minimum atomic E-state index is 0.932. The van der Waals surface area contributed by atoms with E-state index < -0.39 is 0 Å². The number of para-hydroxylation sites is 1. The second kappa shape index (κ2) is 3.92. The van der Waals surface area contributed by atoms with Gasteiger partial charge in [0, 0.05) is 28.7 Å². The Morgan fingerprint density at radius 2 is 1.89 bits per heavy atom. The first-order valence-electron chi connectivity index (χ1n) is 6.08. The molecule has 2 aliphatic rings. The van der Waals surface area contributed by atoms with Crippen molar-refractivity contribution in [3.05, 3.63) is 65.0 Å². The van der Waals surface area contributed by atoms with Crippen molar-refractivity contribution in [3.63, 3.8) is 0 Å². The molecule has 2 aliphatic heterocycles. The average molecular weight is 246 g/mol. The molecular formula is C16H10N2O. The topological polar surface area (TPSA) is 34.5 Å². The lowest BCUT2D eigenvalue weighted by molar-refractivity contribution is 0.462. The van der Waals surface area contributed by atoms with Crippen LogP contribution in [0, 0.1) is 0 Å². The average Bonchev–Trinajstić information content (AvgIpc) is 2.76. The lowest BCUT2D eigenvalue weighted by Gasteiger charge is -2.03. The normalized spacial score (nSPS) is 18.7. The Balaban J connectivity index is 2.00. The zero-order valence-electron chi connectivity index (χ0n) is 10.1. The molecule has 0 saturated carbocycles. The Morgan fingerprint density at radius 3 is 2.89 bits per heavy atom. The monoisotopic (exact) mass is 246 g/mol. The molecule has 3 nitrogen and oxygen atoms in total. The van der Waals surface area contributed by atoms with Crippen molar-refractivity contribution in [1.82, 2.24) is 4.98 Å². The first-order chi connectivity index (χ1) is 9.42. The molecule has 0 fully saturated rings. The van der Waals surface area contributed by atoms with E-state index in [4.69, 9.17) is 4.74 Å². The molecule has 2 aromatic rings. The van der Waals surface area contributed by atoms with Crippen LogP contribution in [0.1, 0.15) is 5.56 Å². The Morgan fingerprint density at radius 1 is 0.947 bits per heavy atom. The van der Waals surface area contributed by atoms with Crippen molar-refractivity contribution in [3.8, 4) is 0 Å². The van der Waals surface area contributed by atoms with Crippen LogP contribution in [0.15, 0.2) is 54.0 Å². The number of benzene rings is 1. The van der Waals surface area contributed by atoms with Gasteiger partial charge in [-0.15, -0.1) is 0 Å². The summed E-state index contributed by atoms with van der Waals surface area (Å²) in [6.45, 7) is 0. The largest absolute Gasteiger partial charge is 0.471 e. The van der Waals surface area contributed by atoms with Crippen LogP contribution in [-0.2, 0) is 4.74 Å². The van der Waals surface area contributed by atoms with E-state index in [0.717, 1.165) is 33.0 Å². The van der Waals surface area contributed by atoms with E-state index in [1.54, 1.807) is 24.9 Å². The van der Waals surface area contributed by atoms with Gasteiger partial charge in [-0.05, 0) is 23.4 Å². The van der Waals surface area contributed by atoms with Gasteiger partial charge in [0.25, 0.3) is 0 Å². The maximum Gasteiger partial charge on any atom is 0.100 e.